The number of ketones is 2. The van der Waals surface area contributed by atoms with Gasteiger partial charge in [0.05, 0.1) is 5.56 Å². The van der Waals surface area contributed by atoms with E-state index in [0.29, 0.717) is 31.4 Å². The largest absolute Gasteiger partial charge is 0.355 e. The van der Waals surface area contributed by atoms with Crippen molar-refractivity contribution in [1.82, 2.24) is 20.0 Å². The summed E-state index contributed by atoms with van der Waals surface area (Å²) in [6.07, 6.45) is 5.95. The van der Waals surface area contributed by atoms with Gasteiger partial charge in [0, 0.05) is 73.8 Å². The van der Waals surface area contributed by atoms with E-state index in [9.17, 15) is 18.4 Å². The first-order valence-electron chi connectivity index (χ1n) is 12.2. The highest BCUT2D eigenvalue weighted by atomic mass is 19.1. The summed E-state index contributed by atoms with van der Waals surface area (Å²) in [5, 5.41) is 3.84. The van der Waals surface area contributed by atoms with Crippen molar-refractivity contribution in [1.29, 1.82) is 0 Å². The zero-order valence-corrected chi connectivity index (χ0v) is 20.3. The van der Waals surface area contributed by atoms with Crippen LogP contribution in [-0.4, -0.2) is 50.7 Å². The van der Waals surface area contributed by atoms with Gasteiger partial charge in [-0.15, -0.1) is 0 Å². The van der Waals surface area contributed by atoms with Crippen molar-refractivity contribution >= 4 is 11.6 Å². The molecule has 0 unspecified atom stereocenters. The van der Waals surface area contributed by atoms with Crippen LogP contribution in [-0.2, 0) is 10.2 Å². The van der Waals surface area contributed by atoms with Crippen LogP contribution in [0.25, 0.3) is 11.3 Å². The molecule has 2 fully saturated rings. The molecule has 188 valence electrons. The predicted molar refractivity (Wildman–Crippen MR) is 127 cm³/mol. The van der Waals surface area contributed by atoms with Crippen LogP contribution in [0, 0.1) is 17.0 Å². The van der Waals surface area contributed by atoms with Crippen molar-refractivity contribution < 1.29 is 22.9 Å². The Balaban J connectivity index is 1.29. The SMILES string of the molecule is CC(C)N1CC(CC(=O)CC2(c3ncccn3)CC2)(CC(=O)c2cc(-c3ccc(F)cc3F)on2)C1. The summed E-state index contributed by atoms with van der Waals surface area (Å²) in [6, 6.07) is 6.55. The lowest BCUT2D eigenvalue weighted by molar-refractivity contribution is -0.126. The van der Waals surface area contributed by atoms with Crippen molar-refractivity contribution in [2.24, 2.45) is 5.41 Å². The van der Waals surface area contributed by atoms with E-state index < -0.39 is 17.0 Å². The Morgan fingerprint density at radius 3 is 2.42 bits per heavy atom. The molecule has 7 nitrogen and oxygen atoms in total. The molecule has 5 rings (SSSR count). The second kappa shape index (κ2) is 9.28. The van der Waals surface area contributed by atoms with Gasteiger partial charge in [0.25, 0.3) is 0 Å². The Bertz CT molecular complexity index is 1280. The van der Waals surface area contributed by atoms with Crippen LogP contribution in [0.4, 0.5) is 8.78 Å². The van der Waals surface area contributed by atoms with Crippen LogP contribution in [0.2, 0.25) is 0 Å². The molecule has 2 aromatic heterocycles. The maximum absolute atomic E-state index is 14.1. The van der Waals surface area contributed by atoms with E-state index >= 15 is 0 Å². The summed E-state index contributed by atoms with van der Waals surface area (Å²) < 4.78 is 32.6. The number of carbonyl (C=O) groups is 2. The summed E-state index contributed by atoms with van der Waals surface area (Å²) in [5.74, 6) is -0.900. The summed E-state index contributed by atoms with van der Waals surface area (Å²) in [7, 11) is 0. The van der Waals surface area contributed by atoms with Gasteiger partial charge in [-0.2, -0.15) is 0 Å². The lowest BCUT2D eigenvalue weighted by Crippen LogP contribution is -2.60. The van der Waals surface area contributed by atoms with Gasteiger partial charge in [0.15, 0.2) is 11.5 Å². The average Bonchev–Trinajstić information content (AvgIpc) is 3.42. The maximum Gasteiger partial charge on any atom is 0.185 e. The molecule has 3 heterocycles. The minimum atomic E-state index is -0.796. The summed E-state index contributed by atoms with van der Waals surface area (Å²) in [4.78, 5) is 37.4. The van der Waals surface area contributed by atoms with Crippen molar-refractivity contribution in [3.05, 3.63) is 65.9 Å². The van der Waals surface area contributed by atoms with E-state index in [0.717, 1.165) is 25.0 Å². The molecule has 1 aliphatic heterocycles. The minimum Gasteiger partial charge on any atom is -0.355 e. The van der Waals surface area contributed by atoms with Crippen LogP contribution < -0.4 is 0 Å². The molecule has 2 aliphatic rings. The van der Waals surface area contributed by atoms with E-state index in [4.69, 9.17) is 4.52 Å². The third kappa shape index (κ3) is 4.84. The zero-order chi connectivity index (χ0) is 25.5. The number of Topliss-reactive ketones (excluding diaryl/α,β-unsaturated/α-hetero) is 2. The van der Waals surface area contributed by atoms with E-state index in [1.807, 2.05) is 0 Å². The third-order valence-electron chi connectivity index (χ3n) is 7.34. The highest BCUT2D eigenvalue weighted by molar-refractivity contribution is 5.96. The molecule has 1 saturated heterocycles. The number of hydrogen-bond acceptors (Lipinski definition) is 7. The monoisotopic (exact) mass is 494 g/mol. The minimum absolute atomic E-state index is 0.0281. The molecule has 1 saturated carbocycles. The number of likely N-dealkylation sites (tertiary alicyclic amines) is 1. The molecule has 0 atom stereocenters. The third-order valence-corrected chi connectivity index (χ3v) is 7.34. The van der Waals surface area contributed by atoms with E-state index in [-0.39, 0.29) is 46.8 Å². The first kappa shape index (κ1) is 24.4. The van der Waals surface area contributed by atoms with Gasteiger partial charge < -0.3 is 4.52 Å². The maximum atomic E-state index is 14.1. The Hall–Kier alpha value is -3.33. The molecule has 36 heavy (non-hydrogen) atoms. The number of benzene rings is 1. The number of aromatic nitrogens is 3. The fourth-order valence-electron chi connectivity index (χ4n) is 5.18. The molecular weight excluding hydrogens is 466 g/mol. The Morgan fingerprint density at radius 2 is 1.78 bits per heavy atom. The zero-order valence-electron chi connectivity index (χ0n) is 20.3. The average molecular weight is 495 g/mol. The summed E-state index contributed by atoms with van der Waals surface area (Å²) in [5.41, 5.74) is -0.683. The van der Waals surface area contributed by atoms with Crippen molar-refractivity contribution in [3.63, 3.8) is 0 Å². The molecule has 3 aromatic rings. The Labute approximate surface area is 207 Å². The fraction of sp³-hybridized carbons (Fsp3) is 0.444. The van der Waals surface area contributed by atoms with Gasteiger partial charge in [-0.1, -0.05) is 5.16 Å². The molecular formula is C27H28F2N4O3. The van der Waals surface area contributed by atoms with Gasteiger partial charge in [-0.05, 0) is 44.9 Å². The molecule has 0 radical (unpaired) electrons. The van der Waals surface area contributed by atoms with Gasteiger partial charge >= 0.3 is 0 Å². The summed E-state index contributed by atoms with van der Waals surface area (Å²) in [6.45, 7) is 5.43. The second-order valence-corrected chi connectivity index (χ2v) is 10.5. The van der Waals surface area contributed by atoms with Crippen molar-refractivity contribution in [3.8, 4) is 11.3 Å². The van der Waals surface area contributed by atoms with Crippen LogP contribution >= 0.6 is 0 Å². The molecule has 0 N–H and O–H groups in total. The van der Waals surface area contributed by atoms with Crippen LogP contribution in [0.1, 0.15) is 62.3 Å². The number of hydrogen-bond donors (Lipinski definition) is 0. The van der Waals surface area contributed by atoms with E-state index in [1.165, 1.54) is 12.1 Å². The number of nitrogens with zero attached hydrogens (tertiary/aromatic N) is 4. The molecule has 1 aromatic carbocycles. The lowest BCUT2D eigenvalue weighted by atomic mass is 9.70. The normalized spacial score (nSPS) is 18.1. The topological polar surface area (TPSA) is 89.2 Å². The van der Waals surface area contributed by atoms with E-state index in [1.54, 1.807) is 18.5 Å². The molecule has 1 aliphatic carbocycles. The Kier molecular flexibility index (Phi) is 6.28. The predicted octanol–water partition coefficient (Wildman–Crippen LogP) is 4.77. The number of carbonyl (C=O) groups excluding carboxylic acids is 2. The first-order valence-corrected chi connectivity index (χ1v) is 12.2. The highest BCUT2D eigenvalue weighted by Gasteiger charge is 2.51. The first-order chi connectivity index (χ1) is 17.2. The fourth-order valence-corrected chi connectivity index (χ4v) is 5.18. The van der Waals surface area contributed by atoms with Crippen LogP contribution in [0.3, 0.4) is 0 Å². The number of rotatable bonds is 10. The number of halogens is 2. The van der Waals surface area contributed by atoms with Crippen molar-refractivity contribution in [2.75, 3.05) is 13.1 Å². The lowest BCUT2D eigenvalue weighted by Gasteiger charge is -2.52. The highest BCUT2D eigenvalue weighted by Crippen LogP contribution is 2.51. The second-order valence-electron chi connectivity index (χ2n) is 10.5. The Morgan fingerprint density at radius 1 is 1.06 bits per heavy atom. The smallest absolute Gasteiger partial charge is 0.185 e. The van der Waals surface area contributed by atoms with E-state index in [2.05, 4.69) is 33.9 Å². The van der Waals surface area contributed by atoms with Crippen LogP contribution in [0.15, 0.2) is 47.2 Å². The molecule has 0 spiro atoms. The molecule has 9 heteroatoms. The van der Waals surface area contributed by atoms with Gasteiger partial charge in [0.1, 0.15) is 28.9 Å². The van der Waals surface area contributed by atoms with Crippen LogP contribution in [0.5, 0.6) is 0 Å². The van der Waals surface area contributed by atoms with Gasteiger partial charge in [0.2, 0.25) is 0 Å². The van der Waals surface area contributed by atoms with Gasteiger partial charge in [-0.25, -0.2) is 18.7 Å². The quantitative estimate of drug-likeness (QED) is 0.375. The standard InChI is InChI=1S/C27H28F2N4O3/c1-17(2)33-15-26(16-33,12-19(34)13-27(6-7-27)25-30-8-3-9-31-25)14-23(35)22-11-24(36-32-22)20-5-4-18(28)10-21(20)29/h3-5,8-11,17H,6-7,12-16H2,1-2H3. The molecule has 0 bridgehead atoms. The van der Waals surface area contributed by atoms with Crippen molar-refractivity contribution in [2.45, 2.75) is 57.4 Å². The van der Waals surface area contributed by atoms with Gasteiger partial charge in [-0.3, -0.25) is 14.5 Å². The molecule has 0 amide bonds. The summed E-state index contributed by atoms with van der Waals surface area (Å²) >= 11 is 0.